The van der Waals surface area contributed by atoms with Gasteiger partial charge in [0.2, 0.25) is 6.29 Å². The van der Waals surface area contributed by atoms with Gasteiger partial charge in [0.15, 0.2) is 17.8 Å². The van der Waals surface area contributed by atoms with Gasteiger partial charge < -0.3 is 54.7 Å². The Morgan fingerprint density at radius 1 is 1.08 bits per heavy atom. The fourth-order valence-electron chi connectivity index (χ4n) is 4.05. The van der Waals surface area contributed by atoms with Gasteiger partial charge in [-0.2, -0.15) is 0 Å². The highest BCUT2D eigenvalue weighted by Crippen LogP contribution is 2.36. The van der Waals surface area contributed by atoms with E-state index in [1.54, 1.807) is 13.0 Å². The lowest BCUT2D eigenvalue weighted by atomic mass is 9.86. The lowest BCUT2D eigenvalue weighted by Gasteiger charge is -2.41. The molecule has 0 aliphatic carbocycles. The van der Waals surface area contributed by atoms with Crippen LogP contribution >= 0.6 is 0 Å². The van der Waals surface area contributed by atoms with Crippen LogP contribution in [-0.4, -0.2) is 97.9 Å². The van der Waals surface area contributed by atoms with E-state index in [4.69, 9.17) is 18.9 Å². The van der Waals surface area contributed by atoms with Crippen LogP contribution in [0.1, 0.15) is 18.9 Å². The number of rotatable bonds is 9. The summed E-state index contributed by atoms with van der Waals surface area (Å²) in [6.07, 6.45) is -6.90. The molecule has 3 rings (SSSR count). The van der Waals surface area contributed by atoms with Gasteiger partial charge >= 0.3 is 11.9 Å². The number of allylic oxidation sites excluding steroid dienone is 1. The molecule has 0 bridgehead atoms. The lowest BCUT2D eigenvalue weighted by molar-refractivity contribution is -0.327. The third kappa shape index (κ3) is 6.57. The molecule has 37 heavy (non-hydrogen) atoms. The Morgan fingerprint density at radius 3 is 2.43 bits per heavy atom. The first-order valence-electron chi connectivity index (χ1n) is 11.4. The predicted molar refractivity (Wildman–Crippen MR) is 122 cm³/mol. The van der Waals surface area contributed by atoms with Crippen LogP contribution in [0.15, 0.2) is 41.7 Å². The van der Waals surface area contributed by atoms with Crippen molar-refractivity contribution in [1.29, 1.82) is 0 Å². The van der Waals surface area contributed by atoms with E-state index in [9.17, 15) is 45.3 Å². The van der Waals surface area contributed by atoms with Crippen molar-refractivity contribution in [3.63, 3.8) is 0 Å². The van der Waals surface area contributed by atoms with Gasteiger partial charge in [0, 0.05) is 17.9 Å². The summed E-state index contributed by atoms with van der Waals surface area (Å²) >= 11 is 0. The van der Waals surface area contributed by atoms with Gasteiger partial charge in [0.25, 0.3) is 0 Å². The fourth-order valence-corrected chi connectivity index (χ4v) is 4.05. The average Bonchev–Trinajstić information content (AvgIpc) is 2.86. The van der Waals surface area contributed by atoms with E-state index in [2.05, 4.69) is 0 Å². The van der Waals surface area contributed by atoms with Gasteiger partial charge in [0.1, 0.15) is 24.4 Å². The van der Waals surface area contributed by atoms with Crippen LogP contribution in [-0.2, 0) is 35.0 Å². The van der Waals surface area contributed by atoms with Crippen molar-refractivity contribution in [1.82, 2.24) is 0 Å². The molecule has 13 heteroatoms. The normalized spacial score (nSPS) is 30.9. The molecule has 13 nitrogen and oxygen atoms in total. The molecule has 2 heterocycles. The van der Waals surface area contributed by atoms with Crippen LogP contribution in [0.25, 0.3) is 0 Å². The standard InChI is InChI=1S/C24H30O13/c1-2-12-13(8-18(28)34-6-5-11-3-4-15(26)16(27)7-11)14(22(32)33)10-35-23(12)37-24-21(31)20(30)19(29)17(9-25)36-24/h2-4,7,10,13,17,19-21,23-27,29-31H,5-6,8-9H2,1H3,(H,32,33)/t13-,17+,19+,20-,21+,23-,24-/m0/s1. The van der Waals surface area contributed by atoms with Crippen molar-refractivity contribution in [2.75, 3.05) is 13.2 Å². The molecule has 0 unspecified atom stereocenters. The maximum Gasteiger partial charge on any atom is 0.335 e. The van der Waals surface area contributed by atoms with Crippen LogP contribution < -0.4 is 0 Å². The Bertz CT molecular complexity index is 1030. The molecular weight excluding hydrogens is 496 g/mol. The Kier molecular flexibility index (Phi) is 9.48. The van der Waals surface area contributed by atoms with E-state index in [1.165, 1.54) is 18.2 Å². The number of phenols is 2. The second kappa shape index (κ2) is 12.4. The molecule has 0 radical (unpaired) electrons. The van der Waals surface area contributed by atoms with Crippen molar-refractivity contribution < 1.29 is 64.3 Å². The second-order valence-electron chi connectivity index (χ2n) is 8.52. The van der Waals surface area contributed by atoms with Crippen LogP contribution in [0.4, 0.5) is 0 Å². The van der Waals surface area contributed by atoms with Gasteiger partial charge in [-0.3, -0.25) is 4.79 Å². The average molecular weight is 526 g/mol. The summed E-state index contributed by atoms with van der Waals surface area (Å²) in [5, 5.41) is 68.1. The van der Waals surface area contributed by atoms with Crippen LogP contribution in [0.3, 0.4) is 0 Å². The van der Waals surface area contributed by atoms with Crippen molar-refractivity contribution >= 4 is 11.9 Å². The Labute approximate surface area is 211 Å². The lowest BCUT2D eigenvalue weighted by Crippen LogP contribution is -2.60. The smallest absolute Gasteiger partial charge is 0.335 e. The molecule has 0 spiro atoms. The SMILES string of the molecule is CC=C1[C@H](O[C@@H]2O[C@H](CO)[C@@H](O)[C@H](O)[C@H]2O)OC=C(C(=O)O)[C@H]1CC(=O)OCCc1ccc(O)c(O)c1. The van der Waals surface area contributed by atoms with E-state index in [-0.39, 0.29) is 35.7 Å². The molecule has 1 fully saturated rings. The topological polar surface area (TPSA) is 213 Å². The number of hydrogen-bond acceptors (Lipinski definition) is 12. The third-order valence-corrected chi connectivity index (χ3v) is 6.12. The number of carboxylic acid groups (broad SMARTS) is 1. The van der Waals surface area contributed by atoms with Crippen molar-refractivity contribution in [3.05, 3.63) is 47.2 Å². The molecule has 0 aromatic heterocycles. The van der Waals surface area contributed by atoms with E-state index in [0.717, 1.165) is 6.26 Å². The molecule has 2 aliphatic rings. The first-order chi connectivity index (χ1) is 17.6. The highest BCUT2D eigenvalue weighted by Gasteiger charge is 2.46. The summed E-state index contributed by atoms with van der Waals surface area (Å²) in [5.41, 5.74) is 0.557. The van der Waals surface area contributed by atoms with Crippen molar-refractivity contribution in [2.24, 2.45) is 5.92 Å². The summed E-state index contributed by atoms with van der Waals surface area (Å²) < 4.78 is 21.6. The number of phenolic OH excluding ortho intramolecular Hbond substituents is 2. The molecular formula is C24H30O13. The molecule has 0 saturated carbocycles. The van der Waals surface area contributed by atoms with Gasteiger partial charge in [0.05, 0.1) is 31.5 Å². The fraction of sp³-hybridized carbons (Fsp3) is 0.500. The monoisotopic (exact) mass is 526 g/mol. The minimum Gasteiger partial charge on any atom is -0.504 e. The van der Waals surface area contributed by atoms with E-state index >= 15 is 0 Å². The van der Waals surface area contributed by atoms with E-state index < -0.39 is 67.9 Å². The summed E-state index contributed by atoms with van der Waals surface area (Å²) in [6.45, 7) is 0.811. The quantitative estimate of drug-likeness (QED) is 0.120. The van der Waals surface area contributed by atoms with Gasteiger partial charge in [-0.1, -0.05) is 12.1 Å². The minimum atomic E-state index is -1.72. The van der Waals surface area contributed by atoms with Crippen molar-refractivity contribution in [2.45, 2.75) is 56.8 Å². The highest BCUT2D eigenvalue weighted by atomic mass is 16.8. The zero-order chi connectivity index (χ0) is 27.3. The zero-order valence-electron chi connectivity index (χ0n) is 19.8. The minimum absolute atomic E-state index is 0.0750. The number of carbonyl (C=O) groups is 2. The molecule has 2 aliphatic heterocycles. The molecule has 7 N–H and O–H groups in total. The first-order valence-corrected chi connectivity index (χ1v) is 11.4. The Morgan fingerprint density at radius 2 is 1.81 bits per heavy atom. The van der Waals surface area contributed by atoms with Gasteiger partial charge in [-0.05, 0) is 24.6 Å². The van der Waals surface area contributed by atoms with E-state index in [0.29, 0.717) is 5.56 Å². The summed E-state index contributed by atoms with van der Waals surface area (Å²) in [4.78, 5) is 24.4. The number of hydrogen-bond donors (Lipinski definition) is 7. The zero-order valence-corrected chi connectivity index (χ0v) is 19.8. The van der Waals surface area contributed by atoms with Crippen LogP contribution in [0.2, 0.25) is 0 Å². The third-order valence-electron chi connectivity index (χ3n) is 6.12. The molecule has 1 aromatic rings. The first kappa shape index (κ1) is 28.4. The molecule has 7 atom stereocenters. The maximum absolute atomic E-state index is 12.6. The van der Waals surface area contributed by atoms with E-state index in [1.807, 2.05) is 0 Å². The summed E-state index contributed by atoms with van der Waals surface area (Å²) in [6, 6.07) is 4.17. The Balaban J connectivity index is 1.68. The maximum atomic E-state index is 12.6. The number of carboxylic acids is 1. The van der Waals surface area contributed by atoms with Crippen LogP contribution in [0, 0.1) is 5.92 Å². The number of aromatic hydroxyl groups is 2. The highest BCUT2D eigenvalue weighted by molar-refractivity contribution is 5.89. The number of ether oxygens (including phenoxy) is 4. The molecule has 0 amide bonds. The number of carbonyl (C=O) groups excluding carboxylic acids is 1. The molecule has 1 aromatic carbocycles. The van der Waals surface area contributed by atoms with Gasteiger partial charge in [-0.25, -0.2) is 4.79 Å². The van der Waals surface area contributed by atoms with Crippen molar-refractivity contribution in [3.8, 4) is 11.5 Å². The molecule has 204 valence electrons. The number of aliphatic hydroxyl groups excluding tert-OH is 4. The molecule has 1 saturated heterocycles. The number of aliphatic hydroxyl groups is 4. The van der Waals surface area contributed by atoms with Gasteiger partial charge in [-0.15, -0.1) is 0 Å². The number of benzene rings is 1. The largest absolute Gasteiger partial charge is 0.504 e. The summed E-state index contributed by atoms with van der Waals surface area (Å²) in [5.74, 6) is -3.70. The summed E-state index contributed by atoms with van der Waals surface area (Å²) in [7, 11) is 0. The second-order valence-corrected chi connectivity index (χ2v) is 8.52. The predicted octanol–water partition coefficient (Wildman–Crippen LogP) is -0.723. The Hall–Kier alpha value is -3.20. The number of aliphatic carboxylic acids is 1. The van der Waals surface area contributed by atoms with Crippen LogP contribution in [0.5, 0.6) is 11.5 Å². The number of esters is 1.